The van der Waals surface area contributed by atoms with E-state index < -0.39 is 27.7 Å². The molecular formula is C13H15NO6S. The third-order valence-corrected chi connectivity index (χ3v) is 3.38. The molecule has 21 heavy (non-hydrogen) atoms. The van der Waals surface area contributed by atoms with Crippen molar-refractivity contribution in [3.05, 3.63) is 35.9 Å². The van der Waals surface area contributed by atoms with E-state index in [0.29, 0.717) is 5.56 Å². The molecular weight excluding hydrogens is 298 g/mol. The molecule has 0 amide bonds. The van der Waals surface area contributed by atoms with E-state index in [1.165, 1.54) is 18.2 Å². The molecule has 0 aliphatic rings. The van der Waals surface area contributed by atoms with Gasteiger partial charge in [-0.25, -0.2) is 13.2 Å². The van der Waals surface area contributed by atoms with Crippen molar-refractivity contribution in [1.82, 2.24) is 0 Å². The zero-order valence-electron chi connectivity index (χ0n) is 11.3. The molecule has 0 spiro atoms. The van der Waals surface area contributed by atoms with E-state index in [9.17, 15) is 18.0 Å². The predicted octanol–water partition coefficient (Wildman–Crippen LogP) is 1.09. The smallest absolute Gasteiger partial charge is 0.328 e. The number of carbonyl (C=O) groups is 2. The molecule has 0 atom stereocenters. The van der Waals surface area contributed by atoms with E-state index in [-0.39, 0.29) is 12.3 Å². The molecule has 0 aliphatic heterocycles. The zero-order valence-corrected chi connectivity index (χ0v) is 12.1. The lowest BCUT2D eigenvalue weighted by atomic mass is 10.2. The topological polar surface area (TPSA) is 110 Å². The molecule has 1 aromatic rings. The highest BCUT2D eigenvalue weighted by molar-refractivity contribution is 7.93. The van der Waals surface area contributed by atoms with E-state index in [4.69, 9.17) is 5.11 Å². The van der Waals surface area contributed by atoms with E-state index in [1.54, 1.807) is 19.1 Å². The second kappa shape index (κ2) is 7.44. The summed E-state index contributed by atoms with van der Waals surface area (Å²) in [5, 5.41) is 8.49. The van der Waals surface area contributed by atoms with Gasteiger partial charge in [-0.05, 0) is 30.7 Å². The Morgan fingerprint density at radius 3 is 2.43 bits per heavy atom. The number of carboxylic acids is 1. The summed E-state index contributed by atoms with van der Waals surface area (Å²) in [7, 11) is -3.83. The lowest BCUT2D eigenvalue weighted by molar-refractivity contribution is -0.140. The number of carboxylic acid groups (broad SMARTS) is 1. The SMILES string of the molecule is CCOC(=O)CS(=O)(=O)Nc1ccc(/C=C/C(=O)O)cc1. The van der Waals surface area contributed by atoms with Crippen LogP contribution in [-0.4, -0.2) is 37.8 Å². The van der Waals surface area contributed by atoms with Crippen molar-refractivity contribution in [2.24, 2.45) is 0 Å². The molecule has 114 valence electrons. The van der Waals surface area contributed by atoms with Crippen LogP contribution in [0.5, 0.6) is 0 Å². The van der Waals surface area contributed by atoms with Crippen molar-refractivity contribution in [3.63, 3.8) is 0 Å². The highest BCUT2D eigenvalue weighted by Gasteiger charge is 2.17. The molecule has 1 aromatic carbocycles. The average molecular weight is 313 g/mol. The first-order valence-electron chi connectivity index (χ1n) is 5.99. The Morgan fingerprint density at radius 2 is 1.90 bits per heavy atom. The van der Waals surface area contributed by atoms with Gasteiger partial charge in [-0.2, -0.15) is 0 Å². The van der Waals surface area contributed by atoms with Crippen LogP contribution in [0.4, 0.5) is 5.69 Å². The van der Waals surface area contributed by atoms with Crippen molar-refractivity contribution < 1.29 is 27.9 Å². The Morgan fingerprint density at radius 1 is 1.29 bits per heavy atom. The Labute approximate surface area is 122 Å². The summed E-state index contributed by atoms with van der Waals surface area (Å²) < 4.78 is 30.2. The molecule has 0 aromatic heterocycles. The summed E-state index contributed by atoms with van der Waals surface area (Å²) in [6, 6.07) is 6.01. The predicted molar refractivity (Wildman–Crippen MR) is 77.2 cm³/mol. The molecule has 2 N–H and O–H groups in total. The monoisotopic (exact) mass is 313 g/mol. The molecule has 1 rings (SSSR count). The minimum absolute atomic E-state index is 0.110. The first kappa shape index (κ1) is 16.7. The highest BCUT2D eigenvalue weighted by Crippen LogP contribution is 2.12. The molecule has 0 heterocycles. The lowest BCUT2D eigenvalue weighted by Gasteiger charge is -2.07. The van der Waals surface area contributed by atoms with E-state index in [2.05, 4.69) is 9.46 Å². The number of carbonyl (C=O) groups excluding carboxylic acids is 1. The van der Waals surface area contributed by atoms with Crippen LogP contribution in [0.15, 0.2) is 30.3 Å². The fraction of sp³-hybridized carbons (Fsp3) is 0.231. The van der Waals surface area contributed by atoms with Crippen molar-refractivity contribution in [1.29, 1.82) is 0 Å². The van der Waals surface area contributed by atoms with Crippen molar-refractivity contribution in [3.8, 4) is 0 Å². The van der Waals surface area contributed by atoms with Crippen LogP contribution in [0, 0.1) is 0 Å². The number of hydrogen-bond donors (Lipinski definition) is 2. The molecule has 0 unspecified atom stereocenters. The first-order chi connectivity index (χ1) is 9.82. The molecule has 0 radical (unpaired) electrons. The van der Waals surface area contributed by atoms with Gasteiger partial charge in [0.25, 0.3) is 0 Å². The molecule has 0 bridgehead atoms. The number of ether oxygens (including phenoxy) is 1. The second-order valence-electron chi connectivity index (χ2n) is 3.96. The third-order valence-electron chi connectivity index (χ3n) is 2.22. The van der Waals surface area contributed by atoms with Crippen molar-refractivity contribution >= 4 is 33.7 Å². The fourth-order valence-corrected chi connectivity index (χ4v) is 2.36. The van der Waals surface area contributed by atoms with Crippen LogP contribution < -0.4 is 4.72 Å². The fourth-order valence-electron chi connectivity index (χ4n) is 1.40. The average Bonchev–Trinajstić information content (AvgIpc) is 2.37. The van der Waals surface area contributed by atoms with E-state index >= 15 is 0 Å². The van der Waals surface area contributed by atoms with Crippen LogP contribution in [-0.2, 0) is 24.3 Å². The van der Waals surface area contributed by atoms with Crippen molar-refractivity contribution in [2.45, 2.75) is 6.92 Å². The Kier molecular flexibility index (Phi) is 5.92. The highest BCUT2D eigenvalue weighted by atomic mass is 32.2. The Bertz CT molecular complexity index is 633. The van der Waals surface area contributed by atoms with Crippen LogP contribution in [0.1, 0.15) is 12.5 Å². The quantitative estimate of drug-likeness (QED) is 0.576. The summed E-state index contributed by atoms with van der Waals surface area (Å²) in [5.74, 6) is -2.66. The van der Waals surface area contributed by atoms with Gasteiger partial charge in [0, 0.05) is 11.8 Å². The Balaban J connectivity index is 2.70. The maximum Gasteiger partial charge on any atom is 0.328 e. The molecule has 0 saturated heterocycles. The van der Waals surface area contributed by atoms with Gasteiger partial charge in [0.1, 0.15) is 0 Å². The summed E-state index contributed by atoms with van der Waals surface area (Å²) >= 11 is 0. The van der Waals surface area contributed by atoms with Gasteiger partial charge in [-0.3, -0.25) is 9.52 Å². The van der Waals surface area contributed by atoms with Crippen LogP contribution in [0.3, 0.4) is 0 Å². The minimum atomic E-state index is -3.83. The molecule has 0 fully saturated rings. The van der Waals surface area contributed by atoms with Crippen molar-refractivity contribution in [2.75, 3.05) is 17.1 Å². The minimum Gasteiger partial charge on any atom is -0.478 e. The third kappa shape index (κ3) is 6.57. The van der Waals surface area contributed by atoms with Crippen LogP contribution >= 0.6 is 0 Å². The Hall–Kier alpha value is -2.35. The van der Waals surface area contributed by atoms with Gasteiger partial charge in [0.05, 0.1) is 6.61 Å². The van der Waals surface area contributed by atoms with Gasteiger partial charge >= 0.3 is 11.9 Å². The second-order valence-corrected chi connectivity index (χ2v) is 5.68. The number of hydrogen-bond acceptors (Lipinski definition) is 5. The van der Waals surface area contributed by atoms with Gasteiger partial charge in [-0.15, -0.1) is 0 Å². The molecule has 7 nitrogen and oxygen atoms in total. The van der Waals surface area contributed by atoms with Gasteiger partial charge < -0.3 is 9.84 Å². The first-order valence-corrected chi connectivity index (χ1v) is 7.65. The maximum atomic E-state index is 11.7. The normalized spacial score (nSPS) is 11.3. The number of nitrogens with one attached hydrogen (secondary N) is 1. The van der Waals surface area contributed by atoms with E-state index in [0.717, 1.165) is 6.08 Å². The zero-order chi connectivity index (χ0) is 15.9. The standard InChI is InChI=1S/C13H15NO6S/c1-2-20-13(17)9-21(18,19)14-11-6-3-10(4-7-11)5-8-12(15)16/h3-8,14H,2,9H2,1H3,(H,15,16)/b8-5+. The van der Waals surface area contributed by atoms with Gasteiger partial charge in [0.2, 0.25) is 10.0 Å². The van der Waals surface area contributed by atoms with Crippen LogP contribution in [0.2, 0.25) is 0 Å². The number of benzene rings is 1. The molecule has 0 saturated carbocycles. The number of rotatable bonds is 7. The van der Waals surface area contributed by atoms with Gasteiger partial charge in [-0.1, -0.05) is 12.1 Å². The van der Waals surface area contributed by atoms with Crippen LogP contribution in [0.25, 0.3) is 6.08 Å². The molecule has 0 aliphatic carbocycles. The lowest BCUT2D eigenvalue weighted by Crippen LogP contribution is -2.24. The number of anilines is 1. The van der Waals surface area contributed by atoms with E-state index in [1.807, 2.05) is 0 Å². The molecule has 8 heteroatoms. The number of aliphatic carboxylic acids is 1. The largest absolute Gasteiger partial charge is 0.478 e. The summed E-state index contributed by atoms with van der Waals surface area (Å²) in [6.07, 6.45) is 2.35. The maximum absolute atomic E-state index is 11.7. The number of esters is 1. The summed E-state index contributed by atoms with van der Waals surface area (Å²) in [4.78, 5) is 21.5. The van der Waals surface area contributed by atoms with Gasteiger partial charge in [0.15, 0.2) is 5.75 Å². The number of sulfonamides is 1. The summed E-state index contributed by atoms with van der Waals surface area (Å²) in [6.45, 7) is 1.69. The summed E-state index contributed by atoms with van der Waals surface area (Å²) in [5.41, 5.74) is 0.873.